The summed E-state index contributed by atoms with van der Waals surface area (Å²) in [6.07, 6.45) is 0. The van der Waals surface area contributed by atoms with Gasteiger partial charge < -0.3 is 10.9 Å². The van der Waals surface area contributed by atoms with Gasteiger partial charge >= 0.3 is 0 Å². The summed E-state index contributed by atoms with van der Waals surface area (Å²) in [5.74, 6) is 1.89. The number of rotatable bonds is 5. The van der Waals surface area contributed by atoms with E-state index in [0.29, 0.717) is 5.56 Å². The Balaban J connectivity index is 1.90. The number of benzene rings is 2. The molecule has 0 radical (unpaired) electrons. The minimum atomic E-state index is 0.125. The standard InChI is InChI=1S/C15H15ClN2OS/c16-14-4-2-1-3-13(14)10-20-9-11-5-7-12(8-6-11)15(17)18-19/h1-8,19H,9-10H2,(H2,17,18). The zero-order valence-electron chi connectivity index (χ0n) is 10.8. The molecule has 5 heteroatoms. The number of halogens is 1. The van der Waals surface area contributed by atoms with Gasteiger partial charge in [0.1, 0.15) is 0 Å². The molecule has 0 atom stereocenters. The summed E-state index contributed by atoms with van der Waals surface area (Å²) in [5, 5.41) is 12.4. The number of hydrogen-bond donors (Lipinski definition) is 2. The van der Waals surface area contributed by atoms with E-state index in [1.54, 1.807) is 11.8 Å². The fourth-order valence-corrected chi connectivity index (χ4v) is 3.01. The molecule has 0 aliphatic heterocycles. The van der Waals surface area contributed by atoms with E-state index in [0.717, 1.165) is 22.1 Å². The van der Waals surface area contributed by atoms with Crippen LogP contribution in [0.15, 0.2) is 53.7 Å². The second-order valence-electron chi connectivity index (χ2n) is 4.27. The van der Waals surface area contributed by atoms with Crippen molar-refractivity contribution in [2.45, 2.75) is 11.5 Å². The lowest BCUT2D eigenvalue weighted by molar-refractivity contribution is 0.318. The lowest BCUT2D eigenvalue weighted by atomic mass is 10.1. The first-order valence-corrected chi connectivity index (χ1v) is 7.62. The first-order chi connectivity index (χ1) is 9.70. The van der Waals surface area contributed by atoms with Crippen LogP contribution in [0.25, 0.3) is 0 Å². The molecule has 0 bridgehead atoms. The van der Waals surface area contributed by atoms with Crippen molar-refractivity contribution in [3.63, 3.8) is 0 Å². The Hall–Kier alpha value is -1.65. The number of amidine groups is 1. The Morgan fingerprint density at radius 1 is 1.10 bits per heavy atom. The molecule has 0 fully saturated rings. The number of nitrogens with zero attached hydrogens (tertiary/aromatic N) is 1. The number of thioether (sulfide) groups is 1. The van der Waals surface area contributed by atoms with Crippen LogP contribution in [0.5, 0.6) is 0 Å². The number of oxime groups is 1. The van der Waals surface area contributed by atoms with E-state index in [4.69, 9.17) is 22.5 Å². The average Bonchev–Trinajstić information content (AvgIpc) is 2.49. The SMILES string of the molecule is N/C(=N/O)c1ccc(CSCc2ccccc2Cl)cc1. The van der Waals surface area contributed by atoms with Gasteiger partial charge in [-0.3, -0.25) is 0 Å². The zero-order valence-corrected chi connectivity index (χ0v) is 12.4. The highest BCUT2D eigenvalue weighted by atomic mass is 35.5. The van der Waals surface area contributed by atoms with Crippen molar-refractivity contribution in [3.05, 3.63) is 70.2 Å². The Labute approximate surface area is 127 Å². The Morgan fingerprint density at radius 2 is 1.80 bits per heavy atom. The zero-order chi connectivity index (χ0) is 14.4. The molecule has 3 N–H and O–H groups in total. The van der Waals surface area contributed by atoms with E-state index in [1.807, 2.05) is 48.5 Å². The fourth-order valence-electron chi connectivity index (χ4n) is 1.72. The molecule has 2 aromatic rings. The highest BCUT2D eigenvalue weighted by Crippen LogP contribution is 2.23. The van der Waals surface area contributed by atoms with Crippen molar-refractivity contribution in [1.29, 1.82) is 0 Å². The second kappa shape index (κ2) is 7.22. The van der Waals surface area contributed by atoms with Crippen LogP contribution in [-0.2, 0) is 11.5 Å². The maximum atomic E-state index is 8.60. The topological polar surface area (TPSA) is 58.6 Å². The summed E-state index contributed by atoms with van der Waals surface area (Å²) < 4.78 is 0. The summed E-state index contributed by atoms with van der Waals surface area (Å²) in [6.45, 7) is 0. The maximum absolute atomic E-state index is 8.60. The van der Waals surface area contributed by atoms with Crippen LogP contribution >= 0.6 is 23.4 Å². The van der Waals surface area contributed by atoms with E-state index in [-0.39, 0.29) is 5.84 Å². The smallest absolute Gasteiger partial charge is 0.170 e. The Morgan fingerprint density at radius 3 is 2.45 bits per heavy atom. The average molecular weight is 307 g/mol. The molecule has 0 unspecified atom stereocenters. The molecule has 0 saturated heterocycles. The molecule has 3 nitrogen and oxygen atoms in total. The van der Waals surface area contributed by atoms with Crippen LogP contribution in [0.1, 0.15) is 16.7 Å². The van der Waals surface area contributed by atoms with Crippen molar-refractivity contribution in [2.75, 3.05) is 0 Å². The van der Waals surface area contributed by atoms with E-state index in [1.165, 1.54) is 5.56 Å². The monoisotopic (exact) mass is 306 g/mol. The van der Waals surface area contributed by atoms with Crippen LogP contribution in [0, 0.1) is 0 Å². The van der Waals surface area contributed by atoms with E-state index in [9.17, 15) is 0 Å². The predicted octanol–water partition coefficient (Wildman–Crippen LogP) is 3.87. The third kappa shape index (κ3) is 3.92. The van der Waals surface area contributed by atoms with E-state index >= 15 is 0 Å². The molecular formula is C15H15ClN2OS. The fraction of sp³-hybridized carbons (Fsp3) is 0.133. The largest absolute Gasteiger partial charge is 0.409 e. The van der Waals surface area contributed by atoms with E-state index in [2.05, 4.69) is 5.16 Å². The quantitative estimate of drug-likeness (QED) is 0.381. The van der Waals surface area contributed by atoms with Gasteiger partial charge in [0.2, 0.25) is 0 Å². The molecule has 20 heavy (non-hydrogen) atoms. The van der Waals surface area contributed by atoms with Gasteiger partial charge in [-0.05, 0) is 17.2 Å². The lowest BCUT2D eigenvalue weighted by Gasteiger charge is -2.05. The van der Waals surface area contributed by atoms with E-state index < -0.39 is 0 Å². The van der Waals surface area contributed by atoms with Gasteiger partial charge in [-0.25, -0.2) is 0 Å². The van der Waals surface area contributed by atoms with Gasteiger partial charge in [-0.2, -0.15) is 11.8 Å². The van der Waals surface area contributed by atoms with Gasteiger partial charge in [0, 0.05) is 22.1 Å². The molecule has 0 aliphatic rings. The molecule has 0 aliphatic carbocycles. The van der Waals surface area contributed by atoms with Crippen molar-refractivity contribution < 1.29 is 5.21 Å². The molecule has 0 amide bonds. The molecule has 0 aromatic heterocycles. The van der Waals surface area contributed by atoms with Crippen molar-refractivity contribution >= 4 is 29.2 Å². The highest BCUT2D eigenvalue weighted by Gasteiger charge is 2.01. The number of nitrogens with two attached hydrogens (primary N) is 1. The normalized spacial score (nSPS) is 11.6. The molecule has 2 aromatic carbocycles. The molecule has 0 spiro atoms. The number of hydrogen-bond acceptors (Lipinski definition) is 3. The summed E-state index contributed by atoms with van der Waals surface area (Å²) in [4.78, 5) is 0. The van der Waals surface area contributed by atoms with Crippen LogP contribution < -0.4 is 5.73 Å². The first kappa shape index (κ1) is 14.8. The van der Waals surface area contributed by atoms with Crippen molar-refractivity contribution in [1.82, 2.24) is 0 Å². The van der Waals surface area contributed by atoms with Gasteiger partial charge in [-0.15, -0.1) is 0 Å². The molecule has 0 heterocycles. The Kier molecular flexibility index (Phi) is 5.32. The van der Waals surface area contributed by atoms with Gasteiger partial charge in [0.25, 0.3) is 0 Å². The molecule has 0 saturated carbocycles. The van der Waals surface area contributed by atoms with Gasteiger partial charge in [-0.1, -0.05) is 59.2 Å². The minimum Gasteiger partial charge on any atom is -0.409 e. The molecule has 104 valence electrons. The van der Waals surface area contributed by atoms with Crippen LogP contribution in [0.2, 0.25) is 5.02 Å². The summed E-state index contributed by atoms with van der Waals surface area (Å²) in [7, 11) is 0. The summed E-state index contributed by atoms with van der Waals surface area (Å²) >= 11 is 7.91. The Bertz CT molecular complexity index is 599. The van der Waals surface area contributed by atoms with Gasteiger partial charge in [0.05, 0.1) is 0 Å². The van der Waals surface area contributed by atoms with Gasteiger partial charge in [0.15, 0.2) is 5.84 Å². The lowest BCUT2D eigenvalue weighted by Crippen LogP contribution is -2.12. The third-order valence-corrected chi connectivity index (χ3v) is 4.26. The predicted molar refractivity (Wildman–Crippen MR) is 85.4 cm³/mol. The third-order valence-electron chi connectivity index (χ3n) is 2.84. The second-order valence-corrected chi connectivity index (χ2v) is 5.66. The minimum absolute atomic E-state index is 0.125. The van der Waals surface area contributed by atoms with Crippen LogP contribution in [-0.4, -0.2) is 11.0 Å². The maximum Gasteiger partial charge on any atom is 0.170 e. The molecule has 2 rings (SSSR count). The summed E-state index contributed by atoms with van der Waals surface area (Å²) in [5.41, 5.74) is 8.57. The van der Waals surface area contributed by atoms with Crippen LogP contribution in [0.3, 0.4) is 0 Å². The molecular weight excluding hydrogens is 292 g/mol. The van der Waals surface area contributed by atoms with Crippen molar-refractivity contribution in [2.24, 2.45) is 10.9 Å². The van der Waals surface area contributed by atoms with Crippen molar-refractivity contribution in [3.8, 4) is 0 Å². The first-order valence-electron chi connectivity index (χ1n) is 6.08. The highest BCUT2D eigenvalue weighted by molar-refractivity contribution is 7.97. The summed E-state index contributed by atoms with van der Waals surface area (Å²) in [6, 6.07) is 15.5. The van der Waals surface area contributed by atoms with Crippen LogP contribution in [0.4, 0.5) is 0 Å².